The van der Waals surface area contributed by atoms with E-state index in [2.05, 4.69) is 20.6 Å². The van der Waals surface area contributed by atoms with Crippen molar-refractivity contribution in [3.8, 4) is 11.3 Å². The molecule has 2 amide bonds. The van der Waals surface area contributed by atoms with Crippen molar-refractivity contribution in [2.45, 2.75) is 6.92 Å². The van der Waals surface area contributed by atoms with Gasteiger partial charge in [-0.1, -0.05) is 18.2 Å². The van der Waals surface area contributed by atoms with Crippen molar-refractivity contribution in [3.63, 3.8) is 0 Å². The molecule has 0 atom stereocenters. The highest BCUT2D eigenvalue weighted by molar-refractivity contribution is 5.95. The number of nitrogens with zero attached hydrogens (tertiary/aromatic N) is 2. The third kappa shape index (κ3) is 4.56. The lowest BCUT2D eigenvalue weighted by atomic mass is 10.1. The van der Waals surface area contributed by atoms with Crippen LogP contribution in [0, 0.1) is 0 Å². The lowest BCUT2D eigenvalue weighted by molar-refractivity contribution is -0.114. The Morgan fingerprint density at radius 1 is 0.968 bits per heavy atom. The van der Waals surface area contributed by atoms with Crippen LogP contribution in [0.25, 0.3) is 22.2 Å². The molecular weight excluding hydrogens is 390 g/mol. The van der Waals surface area contributed by atoms with Gasteiger partial charge in [-0.25, -0.2) is 4.98 Å². The summed E-state index contributed by atoms with van der Waals surface area (Å²) in [6.07, 6.45) is 1.80. The van der Waals surface area contributed by atoms with Crippen LogP contribution in [0.15, 0.2) is 66.9 Å². The molecule has 0 fully saturated rings. The quantitative estimate of drug-likeness (QED) is 0.445. The largest absolute Gasteiger partial charge is 0.354 e. The van der Waals surface area contributed by atoms with Gasteiger partial charge in [0.25, 0.3) is 5.91 Å². The van der Waals surface area contributed by atoms with E-state index in [-0.39, 0.29) is 11.8 Å². The van der Waals surface area contributed by atoms with E-state index in [1.54, 1.807) is 25.2 Å². The van der Waals surface area contributed by atoms with Gasteiger partial charge in [0.2, 0.25) is 5.91 Å². The Morgan fingerprint density at radius 2 is 1.71 bits per heavy atom. The highest BCUT2D eigenvalue weighted by atomic mass is 16.2. The first-order valence-electron chi connectivity index (χ1n) is 9.84. The van der Waals surface area contributed by atoms with Crippen LogP contribution < -0.4 is 10.6 Å². The number of rotatable bonds is 5. The highest BCUT2D eigenvalue weighted by Gasteiger charge is 2.10. The predicted molar refractivity (Wildman–Crippen MR) is 124 cm³/mol. The van der Waals surface area contributed by atoms with Gasteiger partial charge in [0.1, 0.15) is 5.82 Å². The van der Waals surface area contributed by atoms with Crippen LogP contribution in [0.1, 0.15) is 17.3 Å². The van der Waals surface area contributed by atoms with E-state index in [1.165, 1.54) is 6.92 Å². The maximum atomic E-state index is 12.1. The van der Waals surface area contributed by atoms with Gasteiger partial charge in [-0.2, -0.15) is 0 Å². The van der Waals surface area contributed by atoms with Gasteiger partial charge in [0, 0.05) is 61.3 Å². The van der Waals surface area contributed by atoms with Crippen LogP contribution in [-0.4, -0.2) is 40.8 Å². The average Bonchev–Trinajstić information content (AvgIpc) is 3.16. The molecule has 0 saturated heterocycles. The second-order valence-electron chi connectivity index (χ2n) is 7.50. The summed E-state index contributed by atoms with van der Waals surface area (Å²) in [6.45, 7) is 1.48. The number of hydrogen-bond acceptors (Lipinski definition) is 4. The zero-order chi connectivity index (χ0) is 22.0. The van der Waals surface area contributed by atoms with Gasteiger partial charge in [-0.05, 0) is 42.0 Å². The molecule has 0 saturated carbocycles. The van der Waals surface area contributed by atoms with Gasteiger partial charge in [-0.15, -0.1) is 0 Å². The number of amides is 2. The number of anilines is 3. The number of H-pyrrole nitrogens is 1. The summed E-state index contributed by atoms with van der Waals surface area (Å²) in [4.78, 5) is 32.8. The van der Waals surface area contributed by atoms with E-state index in [0.29, 0.717) is 11.4 Å². The van der Waals surface area contributed by atoms with Crippen molar-refractivity contribution >= 4 is 39.9 Å². The number of carbonyl (C=O) groups is 2. The summed E-state index contributed by atoms with van der Waals surface area (Å²) in [5.41, 5.74) is 5.08. The number of nitrogens with one attached hydrogen (secondary N) is 3. The SMILES string of the molecule is CC(=O)Nc1cccc(Nc2cc3[nH]c(-c4ccc(C(=O)N(C)C)cc4)cc3cn2)c1. The fraction of sp³-hybridized carbons (Fsp3) is 0.125. The maximum absolute atomic E-state index is 12.1. The lowest BCUT2D eigenvalue weighted by Gasteiger charge is -2.10. The molecule has 2 heterocycles. The van der Waals surface area contributed by atoms with Gasteiger partial charge in [0.15, 0.2) is 0 Å². The fourth-order valence-electron chi connectivity index (χ4n) is 3.33. The standard InChI is InChI=1S/C24H23N5O2/c1-15(30)26-19-5-4-6-20(12-19)27-23-13-22-18(14-25-23)11-21(28-22)16-7-9-17(10-8-16)24(31)29(2)3/h4-14,28H,1-3H3,(H,25,27)(H,26,30). The first kappa shape index (κ1) is 20.2. The molecule has 7 heteroatoms. The summed E-state index contributed by atoms with van der Waals surface area (Å²) in [5, 5.41) is 7.02. The second kappa shape index (κ2) is 8.31. The Hall–Kier alpha value is -4.13. The van der Waals surface area contributed by atoms with Crippen LogP contribution in [0.3, 0.4) is 0 Å². The summed E-state index contributed by atoms with van der Waals surface area (Å²) in [7, 11) is 3.48. The molecule has 2 aromatic carbocycles. The van der Waals surface area contributed by atoms with E-state index >= 15 is 0 Å². The normalized spacial score (nSPS) is 10.7. The molecule has 4 rings (SSSR count). The number of hydrogen-bond donors (Lipinski definition) is 3. The van der Waals surface area contributed by atoms with Crippen LogP contribution in [0.4, 0.5) is 17.2 Å². The van der Waals surface area contributed by atoms with Gasteiger partial charge < -0.3 is 20.5 Å². The smallest absolute Gasteiger partial charge is 0.253 e. The summed E-state index contributed by atoms with van der Waals surface area (Å²) >= 11 is 0. The molecular formula is C24H23N5O2. The van der Waals surface area contributed by atoms with Gasteiger partial charge >= 0.3 is 0 Å². The number of benzene rings is 2. The Morgan fingerprint density at radius 3 is 2.42 bits per heavy atom. The van der Waals surface area contributed by atoms with E-state index < -0.39 is 0 Å². The van der Waals surface area contributed by atoms with Crippen molar-refractivity contribution in [1.29, 1.82) is 0 Å². The van der Waals surface area contributed by atoms with Crippen molar-refractivity contribution in [2.75, 3.05) is 24.7 Å². The molecule has 0 unspecified atom stereocenters. The Bertz CT molecular complexity index is 1260. The third-order valence-corrected chi connectivity index (χ3v) is 4.81. The molecule has 0 aliphatic heterocycles. The molecule has 156 valence electrons. The topological polar surface area (TPSA) is 90.1 Å². The number of aromatic nitrogens is 2. The molecule has 3 N–H and O–H groups in total. The minimum Gasteiger partial charge on any atom is -0.354 e. The summed E-state index contributed by atoms with van der Waals surface area (Å²) in [6, 6.07) is 19.0. The van der Waals surface area contributed by atoms with Gasteiger partial charge in [-0.3, -0.25) is 9.59 Å². The van der Waals surface area contributed by atoms with Crippen LogP contribution in [0.2, 0.25) is 0 Å². The van der Waals surface area contributed by atoms with Crippen molar-refractivity contribution in [3.05, 3.63) is 72.4 Å². The third-order valence-electron chi connectivity index (χ3n) is 4.81. The minimum absolute atomic E-state index is 0.0225. The van der Waals surface area contributed by atoms with E-state index in [0.717, 1.165) is 33.5 Å². The van der Waals surface area contributed by atoms with Crippen LogP contribution in [0.5, 0.6) is 0 Å². The average molecular weight is 413 g/mol. The zero-order valence-electron chi connectivity index (χ0n) is 17.6. The molecule has 0 bridgehead atoms. The predicted octanol–water partition coefficient (Wildman–Crippen LogP) is 4.63. The molecule has 0 aliphatic rings. The monoisotopic (exact) mass is 413 g/mol. The molecule has 31 heavy (non-hydrogen) atoms. The number of aromatic amines is 1. The molecule has 7 nitrogen and oxygen atoms in total. The fourth-order valence-corrected chi connectivity index (χ4v) is 3.33. The second-order valence-corrected chi connectivity index (χ2v) is 7.50. The maximum Gasteiger partial charge on any atom is 0.253 e. The first-order chi connectivity index (χ1) is 14.9. The summed E-state index contributed by atoms with van der Waals surface area (Å²) in [5.74, 6) is 0.549. The van der Waals surface area contributed by atoms with E-state index in [1.807, 2.05) is 60.7 Å². The van der Waals surface area contributed by atoms with Crippen molar-refractivity contribution in [1.82, 2.24) is 14.9 Å². The molecule has 0 spiro atoms. The van der Waals surface area contributed by atoms with Crippen LogP contribution in [-0.2, 0) is 4.79 Å². The first-order valence-corrected chi connectivity index (χ1v) is 9.84. The number of fused-ring (bicyclic) bond motifs is 1. The molecule has 4 aromatic rings. The van der Waals surface area contributed by atoms with E-state index in [9.17, 15) is 9.59 Å². The Labute approximate surface area is 180 Å². The molecule has 0 aliphatic carbocycles. The zero-order valence-corrected chi connectivity index (χ0v) is 17.6. The number of carbonyl (C=O) groups excluding carboxylic acids is 2. The van der Waals surface area contributed by atoms with Crippen molar-refractivity contribution in [2.24, 2.45) is 0 Å². The number of pyridine rings is 1. The van der Waals surface area contributed by atoms with Crippen molar-refractivity contribution < 1.29 is 9.59 Å². The van der Waals surface area contributed by atoms with Crippen LogP contribution >= 0.6 is 0 Å². The lowest BCUT2D eigenvalue weighted by Crippen LogP contribution is -2.21. The minimum atomic E-state index is -0.116. The molecule has 0 radical (unpaired) electrons. The van der Waals surface area contributed by atoms with Gasteiger partial charge in [0.05, 0.1) is 5.52 Å². The Balaban J connectivity index is 1.56. The summed E-state index contributed by atoms with van der Waals surface area (Å²) < 4.78 is 0. The highest BCUT2D eigenvalue weighted by Crippen LogP contribution is 2.27. The Kier molecular flexibility index (Phi) is 5.41. The molecule has 2 aromatic heterocycles. The van der Waals surface area contributed by atoms with E-state index in [4.69, 9.17) is 0 Å².